The Balaban J connectivity index is 1.28. The number of halogens is 1. The molecule has 10 heteroatoms. The number of amides is 1. The minimum absolute atomic E-state index is 0.0125. The quantitative estimate of drug-likeness (QED) is 0.320. The van der Waals surface area contributed by atoms with E-state index in [0.29, 0.717) is 23.4 Å². The van der Waals surface area contributed by atoms with Crippen molar-refractivity contribution in [1.29, 1.82) is 0 Å². The lowest BCUT2D eigenvalue weighted by molar-refractivity contribution is -0.132. The smallest absolute Gasteiger partial charge is 0.225 e. The fourth-order valence-corrected chi connectivity index (χ4v) is 5.13. The van der Waals surface area contributed by atoms with Crippen LogP contribution in [0.25, 0.3) is 27.6 Å². The van der Waals surface area contributed by atoms with E-state index in [9.17, 15) is 4.79 Å². The molecule has 0 saturated carbocycles. The molecular formula is C28H27ClN8O. The van der Waals surface area contributed by atoms with Gasteiger partial charge in [-0.2, -0.15) is 10.1 Å². The Morgan fingerprint density at radius 3 is 2.76 bits per heavy atom. The maximum absolute atomic E-state index is 12.1. The first-order valence-electron chi connectivity index (χ1n) is 12.6. The lowest BCUT2D eigenvalue weighted by atomic mass is 10.0. The van der Waals surface area contributed by atoms with Crippen molar-refractivity contribution in [2.75, 3.05) is 25.0 Å². The molecule has 2 N–H and O–H groups in total. The molecule has 1 fully saturated rings. The van der Waals surface area contributed by atoms with E-state index in [1.165, 1.54) is 0 Å². The normalized spacial score (nSPS) is 16.6. The number of hydrogen-bond acceptors (Lipinski definition) is 7. The summed E-state index contributed by atoms with van der Waals surface area (Å²) in [5, 5.41) is 12.8. The van der Waals surface area contributed by atoms with Crippen molar-refractivity contribution in [2.45, 2.75) is 25.9 Å². The molecule has 4 heterocycles. The maximum atomic E-state index is 12.1. The van der Waals surface area contributed by atoms with E-state index in [4.69, 9.17) is 16.7 Å². The van der Waals surface area contributed by atoms with Gasteiger partial charge in [-0.15, -0.1) is 0 Å². The van der Waals surface area contributed by atoms with E-state index < -0.39 is 0 Å². The highest BCUT2D eigenvalue weighted by Gasteiger charge is 2.25. The van der Waals surface area contributed by atoms with Gasteiger partial charge < -0.3 is 15.5 Å². The summed E-state index contributed by atoms with van der Waals surface area (Å²) in [4.78, 5) is 27.4. The Labute approximate surface area is 224 Å². The Morgan fingerprint density at radius 2 is 1.95 bits per heavy atom. The monoisotopic (exact) mass is 526 g/mol. The fraction of sp³-hybridized carbons (Fsp3) is 0.250. The van der Waals surface area contributed by atoms with Crippen LogP contribution < -0.4 is 10.6 Å². The van der Waals surface area contributed by atoms with Crippen LogP contribution in [0.1, 0.15) is 37.1 Å². The van der Waals surface area contributed by atoms with Gasteiger partial charge in [0.1, 0.15) is 5.52 Å². The van der Waals surface area contributed by atoms with Crippen LogP contribution in [-0.2, 0) is 4.79 Å². The molecule has 6 rings (SSSR count). The number of benzene rings is 2. The summed E-state index contributed by atoms with van der Waals surface area (Å²) in [6.45, 7) is 5.92. The summed E-state index contributed by atoms with van der Waals surface area (Å²) in [6, 6.07) is 18.2. The average molecular weight is 527 g/mol. The van der Waals surface area contributed by atoms with Crippen molar-refractivity contribution in [2.24, 2.45) is 0 Å². The lowest BCUT2D eigenvalue weighted by Crippen LogP contribution is -2.47. The van der Waals surface area contributed by atoms with Gasteiger partial charge in [0.25, 0.3) is 0 Å². The van der Waals surface area contributed by atoms with Crippen LogP contribution in [0.4, 0.5) is 5.82 Å². The van der Waals surface area contributed by atoms with Crippen molar-refractivity contribution < 1.29 is 4.79 Å². The summed E-state index contributed by atoms with van der Waals surface area (Å²) >= 11 is 6.28. The van der Waals surface area contributed by atoms with Gasteiger partial charge in [-0.05, 0) is 53.9 Å². The van der Waals surface area contributed by atoms with Crippen LogP contribution in [0.2, 0.25) is 5.28 Å². The molecule has 38 heavy (non-hydrogen) atoms. The third-order valence-electron chi connectivity index (χ3n) is 6.99. The molecule has 9 nitrogen and oxygen atoms in total. The number of fused-ring (bicyclic) bond motifs is 2. The number of carbonyl (C=O) groups is 1. The van der Waals surface area contributed by atoms with Gasteiger partial charge >= 0.3 is 0 Å². The predicted octanol–water partition coefficient (Wildman–Crippen LogP) is 4.68. The van der Waals surface area contributed by atoms with E-state index in [-0.39, 0.29) is 23.3 Å². The zero-order valence-corrected chi connectivity index (χ0v) is 21.9. The van der Waals surface area contributed by atoms with Crippen LogP contribution in [0.15, 0.2) is 67.0 Å². The summed E-state index contributed by atoms with van der Waals surface area (Å²) in [5.41, 5.74) is 5.19. The Hall–Kier alpha value is -4.08. The summed E-state index contributed by atoms with van der Waals surface area (Å²) < 4.78 is 1.77. The number of anilines is 1. The summed E-state index contributed by atoms with van der Waals surface area (Å²) in [7, 11) is 0. The molecule has 0 radical (unpaired) electrons. The van der Waals surface area contributed by atoms with E-state index in [1.54, 1.807) is 11.6 Å². The highest BCUT2D eigenvalue weighted by Crippen LogP contribution is 2.28. The van der Waals surface area contributed by atoms with Gasteiger partial charge in [-0.25, -0.2) is 9.67 Å². The molecule has 1 aliphatic rings. The molecule has 3 aromatic heterocycles. The molecule has 2 aromatic carbocycles. The number of rotatable bonds is 5. The zero-order chi connectivity index (χ0) is 26.2. The number of piperazine rings is 1. The Kier molecular flexibility index (Phi) is 6.39. The Bertz CT molecular complexity index is 1630. The number of para-hydroxylation sites is 1. The third kappa shape index (κ3) is 4.66. The Morgan fingerprint density at radius 1 is 1.13 bits per heavy atom. The summed E-state index contributed by atoms with van der Waals surface area (Å²) in [6.07, 6.45) is 3.71. The number of carbonyl (C=O) groups excluding carboxylic acids is 1. The highest BCUT2D eigenvalue weighted by atomic mass is 35.5. The molecule has 1 unspecified atom stereocenters. The van der Waals surface area contributed by atoms with Crippen LogP contribution in [0, 0.1) is 0 Å². The van der Waals surface area contributed by atoms with E-state index in [0.717, 1.165) is 40.8 Å². The third-order valence-corrected chi connectivity index (χ3v) is 7.16. The molecule has 0 aliphatic carbocycles. The average Bonchev–Trinajstić information content (AvgIpc) is 3.37. The van der Waals surface area contributed by atoms with E-state index in [1.807, 2.05) is 72.7 Å². The van der Waals surface area contributed by atoms with Crippen molar-refractivity contribution in [3.63, 3.8) is 0 Å². The number of pyridine rings is 1. The topological polar surface area (TPSA) is 101 Å². The second-order valence-corrected chi connectivity index (χ2v) is 9.84. The number of hydrogen-bond donors (Lipinski definition) is 2. The van der Waals surface area contributed by atoms with Crippen LogP contribution in [-0.4, -0.2) is 55.2 Å². The largest absolute Gasteiger partial charge is 0.361 e. The molecule has 2 atom stereocenters. The minimum Gasteiger partial charge on any atom is -0.361 e. The van der Waals surface area contributed by atoms with Crippen molar-refractivity contribution in [3.05, 3.63) is 83.4 Å². The highest BCUT2D eigenvalue weighted by molar-refractivity contribution is 6.28. The minimum atomic E-state index is -0.0842. The van der Waals surface area contributed by atoms with Gasteiger partial charge in [-0.1, -0.05) is 30.3 Å². The zero-order valence-electron chi connectivity index (χ0n) is 21.1. The van der Waals surface area contributed by atoms with Crippen molar-refractivity contribution in [1.82, 2.24) is 34.9 Å². The molecular weight excluding hydrogens is 500 g/mol. The predicted molar refractivity (Wildman–Crippen MR) is 148 cm³/mol. The standard InChI is InChI=1S/C28H27ClN8O/c1-17(21-13-20-5-3-4-6-23(20)31-14-21)32-27-26-24(33-28(29)34-27)16-37(35-26)22-9-7-19(8-10-22)25-15-30-11-12-36(25)18(2)38/h3-10,13-14,16-17,25,30H,11-12,15H2,1-2H3,(H,32,33,34)/t17-,25?/m1/s1. The molecule has 1 amide bonds. The van der Waals surface area contributed by atoms with Crippen LogP contribution in [0.5, 0.6) is 0 Å². The van der Waals surface area contributed by atoms with Gasteiger partial charge in [-0.3, -0.25) is 9.78 Å². The van der Waals surface area contributed by atoms with E-state index in [2.05, 4.69) is 31.7 Å². The fourth-order valence-electron chi connectivity index (χ4n) is 4.96. The molecule has 192 valence electrons. The molecule has 5 aromatic rings. The molecule has 0 bridgehead atoms. The number of aromatic nitrogens is 5. The molecule has 1 aliphatic heterocycles. The second kappa shape index (κ2) is 10.00. The van der Waals surface area contributed by atoms with E-state index >= 15 is 0 Å². The van der Waals surface area contributed by atoms with Crippen molar-refractivity contribution in [3.8, 4) is 5.69 Å². The number of nitrogens with one attached hydrogen (secondary N) is 2. The van der Waals surface area contributed by atoms with Gasteiger partial charge in [0.05, 0.1) is 29.5 Å². The maximum Gasteiger partial charge on any atom is 0.225 e. The number of nitrogens with zero attached hydrogens (tertiary/aromatic N) is 6. The first kappa shape index (κ1) is 24.3. The first-order chi connectivity index (χ1) is 18.5. The second-order valence-electron chi connectivity index (χ2n) is 9.50. The van der Waals surface area contributed by atoms with Crippen molar-refractivity contribution >= 4 is 45.3 Å². The molecule has 1 saturated heterocycles. The van der Waals surface area contributed by atoms with Gasteiger partial charge in [0.15, 0.2) is 11.3 Å². The molecule has 0 spiro atoms. The van der Waals surface area contributed by atoms with Gasteiger partial charge in [0, 0.05) is 38.1 Å². The SMILES string of the molecule is CC(=O)N1CCNCC1c1ccc(-n2cc3nc(Cl)nc(N[C@H](C)c4cnc5ccccc5c4)c3n2)cc1. The lowest BCUT2D eigenvalue weighted by Gasteiger charge is -2.36. The first-order valence-corrected chi connectivity index (χ1v) is 13.0. The van der Waals surface area contributed by atoms with Gasteiger partial charge in [0.2, 0.25) is 11.2 Å². The van der Waals surface area contributed by atoms with Crippen LogP contribution in [0.3, 0.4) is 0 Å². The summed E-state index contributed by atoms with van der Waals surface area (Å²) in [5.74, 6) is 0.643. The van der Waals surface area contributed by atoms with Crippen LogP contribution >= 0.6 is 11.6 Å².